The van der Waals surface area contributed by atoms with Crippen LogP contribution in [0.4, 0.5) is 22.0 Å². The Hall–Kier alpha value is -3.01. The second kappa shape index (κ2) is 8.26. The molecule has 0 bridgehead atoms. The number of carbonyl (C=O) groups is 1. The highest BCUT2D eigenvalue weighted by atomic mass is 19.4. The Morgan fingerprint density at radius 2 is 1.74 bits per heavy atom. The molecule has 0 aliphatic carbocycles. The third kappa shape index (κ3) is 4.25. The lowest BCUT2D eigenvalue weighted by Crippen LogP contribution is -2.40. The maximum absolute atomic E-state index is 13.4. The van der Waals surface area contributed by atoms with Crippen molar-refractivity contribution in [1.29, 1.82) is 0 Å². The molecule has 0 spiro atoms. The van der Waals surface area contributed by atoms with Crippen LogP contribution in [-0.4, -0.2) is 53.1 Å². The average molecular weight is 439 g/mol. The Bertz CT molecular complexity index is 1090. The summed E-state index contributed by atoms with van der Waals surface area (Å²) in [5.74, 6) is -1.53. The van der Waals surface area contributed by atoms with E-state index in [0.29, 0.717) is 47.6 Å². The number of carbonyl (C=O) groups excluding carboxylic acids is 1. The molecule has 0 atom stereocenters. The number of aromatic nitrogens is 2. The normalized spacial score (nSPS) is 15.1. The van der Waals surface area contributed by atoms with Crippen LogP contribution in [0.25, 0.3) is 22.2 Å². The van der Waals surface area contributed by atoms with Crippen LogP contribution in [0.15, 0.2) is 42.5 Å². The molecule has 0 N–H and O–H groups in total. The minimum Gasteiger partial charge on any atom is -0.378 e. The van der Waals surface area contributed by atoms with Gasteiger partial charge in [-0.05, 0) is 23.8 Å². The molecular formula is C21H18F5N3O2. The van der Waals surface area contributed by atoms with Gasteiger partial charge in [-0.25, -0.2) is 13.8 Å². The van der Waals surface area contributed by atoms with Gasteiger partial charge in [0.15, 0.2) is 0 Å². The van der Waals surface area contributed by atoms with Gasteiger partial charge in [-0.1, -0.05) is 24.3 Å². The first-order chi connectivity index (χ1) is 14.8. The Labute approximate surface area is 174 Å². The van der Waals surface area contributed by atoms with Crippen molar-refractivity contribution in [2.45, 2.75) is 19.1 Å². The number of para-hydroxylation sites is 1. The van der Waals surface area contributed by atoms with E-state index in [1.807, 2.05) is 0 Å². The van der Waals surface area contributed by atoms with Gasteiger partial charge in [0.05, 0.1) is 30.8 Å². The zero-order valence-corrected chi connectivity index (χ0v) is 16.2. The fourth-order valence-electron chi connectivity index (χ4n) is 3.66. The topological polar surface area (TPSA) is 47.4 Å². The summed E-state index contributed by atoms with van der Waals surface area (Å²) < 4.78 is 71.8. The first kappa shape index (κ1) is 21.2. The van der Waals surface area contributed by atoms with E-state index in [4.69, 9.17) is 4.74 Å². The molecular weight excluding hydrogens is 421 g/mol. The van der Waals surface area contributed by atoms with Gasteiger partial charge in [0.2, 0.25) is 5.82 Å². The summed E-state index contributed by atoms with van der Waals surface area (Å²) in [5.41, 5.74) is 1.28. The van der Waals surface area contributed by atoms with Crippen LogP contribution in [0, 0.1) is 0 Å². The monoisotopic (exact) mass is 439 g/mol. The lowest BCUT2D eigenvalue weighted by atomic mass is 10.0. The molecule has 0 unspecified atom stereocenters. The fourth-order valence-corrected chi connectivity index (χ4v) is 3.66. The van der Waals surface area contributed by atoms with Gasteiger partial charge < -0.3 is 14.2 Å². The number of benzene rings is 2. The van der Waals surface area contributed by atoms with Gasteiger partial charge >= 0.3 is 6.18 Å². The number of halogens is 5. The number of nitrogens with zero attached hydrogens (tertiary/aromatic N) is 3. The number of imidazole rings is 1. The molecule has 1 aliphatic rings. The zero-order chi connectivity index (χ0) is 22.2. The van der Waals surface area contributed by atoms with Crippen LogP contribution in [-0.2, 0) is 17.5 Å². The molecule has 0 radical (unpaired) electrons. The van der Waals surface area contributed by atoms with Crippen molar-refractivity contribution in [3.8, 4) is 11.1 Å². The summed E-state index contributed by atoms with van der Waals surface area (Å²) in [5, 5.41) is 0. The van der Waals surface area contributed by atoms with Crippen molar-refractivity contribution in [2.24, 2.45) is 0 Å². The molecule has 31 heavy (non-hydrogen) atoms. The molecule has 164 valence electrons. The van der Waals surface area contributed by atoms with Crippen LogP contribution in [0.1, 0.15) is 16.2 Å². The molecule has 10 heteroatoms. The van der Waals surface area contributed by atoms with Gasteiger partial charge in [0, 0.05) is 24.2 Å². The number of amides is 1. The Morgan fingerprint density at radius 3 is 2.35 bits per heavy atom. The van der Waals surface area contributed by atoms with Crippen molar-refractivity contribution in [3.05, 3.63) is 53.9 Å². The lowest BCUT2D eigenvalue weighted by molar-refractivity contribution is -0.147. The second-order valence-corrected chi connectivity index (χ2v) is 7.09. The molecule has 1 fully saturated rings. The van der Waals surface area contributed by atoms with Crippen molar-refractivity contribution in [2.75, 3.05) is 26.3 Å². The van der Waals surface area contributed by atoms with E-state index in [-0.39, 0.29) is 16.9 Å². The van der Waals surface area contributed by atoms with E-state index in [2.05, 4.69) is 4.98 Å². The molecule has 4 rings (SSSR count). The summed E-state index contributed by atoms with van der Waals surface area (Å²) in [4.78, 5) is 17.9. The molecule has 3 aromatic rings. The molecule has 5 nitrogen and oxygen atoms in total. The van der Waals surface area contributed by atoms with Crippen molar-refractivity contribution in [3.63, 3.8) is 0 Å². The maximum atomic E-state index is 13.4. The van der Waals surface area contributed by atoms with Crippen molar-refractivity contribution < 1.29 is 31.5 Å². The summed E-state index contributed by atoms with van der Waals surface area (Å²) in [7, 11) is 0. The zero-order valence-electron chi connectivity index (χ0n) is 16.2. The molecule has 2 aromatic carbocycles. The van der Waals surface area contributed by atoms with Gasteiger partial charge in [0.1, 0.15) is 0 Å². The van der Waals surface area contributed by atoms with Gasteiger partial charge in [-0.15, -0.1) is 0 Å². The van der Waals surface area contributed by atoms with Crippen molar-refractivity contribution >= 4 is 16.9 Å². The SMILES string of the molecule is O=C(c1ccc(-c2cccc3c2nc(C(F)(F)F)n3CC(F)F)cc1)N1CCOCC1. The minimum absolute atomic E-state index is 0.0252. The summed E-state index contributed by atoms with van der Waals surface area (Å²) in [6, 6.07) is 10.8. The molecule has 1 amide bonds. The predicted octanol–water partition coefficient (Wildman–Crippen LogP) is 4.46. The summed E-state index contributed by atoms with van der Waals surface area (Å²) in [6.07, 6.45) is -7.84. The van der Waals surface area contributed by atoms with Gasteiger partial charge in [-0.2, -0.15) is 13.2 Å². The number of fused-ring (bicyclic) bond motifs is 1. The maximum Gasteiger partial charge on any atom is 0.449 e. The predicted molar refractivity (Wildman–Crippen MR) is 103 cm³/mol. The van der Waals surface area contributed by atoms with E-state index in [9.17, 15) is 26.7 Å². The van der Waals surface area contributed by atoms with E-state index in [0.717, 1.165) is 0 Å². The number of ether oxygens (including phenoxy) is 1. The molecule has 1 saturated heterocycles. The second-order valence-electron chi connectivity index (χ2n) is 7.09. The highest BCUT2D eigenvalue weighted by Crippen LogP contribution is 2.35. The number of alkyl halides is 5. The van der Waals surface area contributed by atoms with Crippen LogP contribution in [0.3, 0.4) is 0 Å². The highest BCUT2D eigenvalue weighted by Gasteiger charge is 2.38. The number of hydrogen-bond donors (Lipinski definition) is 0. The summed E-state index contributed by atoms with van der Waals surface area (Å²) in [6.45, 7) is 0.800. The van der Waals surface area contributed by atoms with Crippen LogP contribution in [0.5, 0.6) is 0 Å². The Morgan fingerprint density at radius 1 is 1.06 bits per heavy atom. The first-order valence-corrected chi connectivity index (χ1v) is 9.58. The van der Waals surface area contributed by atoms with Gasteiger partial charge in [-0.3, -0.25) is 4.79 Å². The average Bonchev–Trinajstić information content (AvgIpc) is 3.12. The van der Waals surface area contributed by atoms with E-state index in [1.165, 1.54) is 12.1 Å². The van der Waals surface area contributed by atoms with Crippen molar-refractivity contribution in [1.82, 2.24) is 14.5 Å². The van der Waals surface area contributed by atoms with E-state index in [1.54, 1.807) is 35.2 Å². The van der Waals surface area contributed by atoms with Crippen LogP contribution < -0.4 is 0 Å². The third-order valence-corrected chi connectivity index (χ3v) is 5.09. The first-order valence-electron chi connectivity index (χ1n) is 9.58. The van der Waals surface area contributed by atoms with E-state index >= 15 is 0 Å². The molecule has 1 aliphatic heterocycles. The van der Waals surface area contributed by atoms with Crippen LogP contribution in [0.2, 0.25) is 0 Å². The Balaban J connectivity index is 1.72. The molecule has 1 aromatic heterocycles. The van der Waals surface area contributed by atoms with Gasteiger partial charge in [0.25, 0.3) is 12.3 Å². The van der Waals surface area contributed by atoms with E-state index < -0.39 is 25.0 Å². The lowest BCUT2D eigenvalue weighted by Gasteiger charge is -2.26. The molecule has 0 saturated carbocycles. The Kier molecular flexibility index (Phi) is 5.65. The number of morpholine rings is 1. The smallest absolute Gasteiger partial charge is 0.378 e. The standard InChI is InChI=1S/C21H18F5N3O2/c22-17(23)12-29-16-3-1-2-15(18(16)27-20(29)21(24,25)26)13-4-6-14(7-5-13)19(30)28-8-10-31-11-9-28/h1-7,17H,8-12H2. The van der Waals surface area contributed by atoms with Crippen LogP contribution >= 0.6 is 0 Å². The quantitative estimate of drug-likeness (QED) is 0.564. The largest absolute Gasteiger partial charge is 0.449 e. The third-order valence-electron chi connectivity index (χ3n) is 5.09. The summed E-state index contributed by atoms with van der Waals surface area (Å²) >= 11 is 0. The number of hydrogen-bond acceptors (Lipinski definition) is 3. The minimum atomic E-state index is -4.88. The fraction of sp³-hybridized carbons (Fsp3) is 0.333. The number of rotatable bonds is 4. The molecule has 2 heterocycles. The highest BCUT2D eigenvalue weighted by molar-refractivity contribution is 5.96.